The summed E-state index contributed by atoms with van der Waals surface area (Å²) in [5.41, 5.74) is 0.399. The first kappa shape index (κ1) is 14.3. The number of rotatable bonds is 4. The van der Waals surface area contributed by atoms with E-state index in [1.165, 1.54) is 41.3 Å². The number of non-ortho nitro benzene ring substituents is 1. The number of nitrogens with one attached hydrogen (secondary N) is 1. The Labute approximate surface area is 129 Å². The molecular formula is C14H10N6O3. The molecule has 0 saturated carbocycles. The largest absolute Gasteiger partial charge is 0.319 e. The standard InChI is InChI=1S/C14H10N6O3/c21-13(10-3-1-4-12(7-10)20(22)23)18-11-8-15-14(16-9-11)19-6-2-5-17-19/h1-9H,(H,18,21). The number of carbonyl (C=O) groups is 1. The van der Waals surface area contributed by atoms with Crippen molar-refractivity contribution >= 4 is 17.3 Å². The average Bonchev–Trinajstić information content (AvgIpc) is 3.10. The van der Waals surface area contributed by atoms with Gasteiger partial charge in [0, 0.05) is 30.1 Å². The van der Waals surface area contributed by atoms with Crippen molar-refractivity contribution in [2.45, 2.75) is 0 Å². The fraction of sp³-hybridized carbons (Fsp3) is 0. The molecule has 0 aliphatic rings. The number of benzene rings is 1. The zero-order valence-electron chi connectivity index (χ0n) is 11.7. The third-order valence-corrected chi connectivity index (χ3v) is 2.92. The van der Waals surface area contributed by atoms with Gasteiger partial charge in [-0.05, 0) is 12.1 Å². The molecule has 0 radical (unpaired) electrons. The Morgan fingerprint density at radius 3 is 2.65 bits per heavy atom. The molecule has 1 amide bonds. The van der Waals surface area contributed by atoms with Gasteiger partial charge in [0.05, 0.1) is 23.0 Å². The summed E-state index contributed by atoms with van der Waals surface area (Å²) < 4.78 is 1.48. The Balaban J connectivity index is 1.75. The van der Waals surface area contributed by atoms with Crippen LogP contribution in [0, 0.1) is 10.1 Å². The molecule has 0 saturated heterocycles. The van der Waals surface area contributed by atoms with Gasteiger partial charge >= 0.3 is 0 Å². The first-order valence-corrected chi connectivity index (χ1v) is 6.51. The minimum atomic E-state index is -0.557. The van der Waals surface area contributed by atoms with Crippen LogP contribution >= 0.6 is 0 Å². The maximum atomic E-state index is 12.1. The van der Waals surface area contributed by atoms with E-state index < -0.39 is 10.8 Å². The SMILES string of the molecule is O=C(Nc1cnc(-n2cccn2)nc1)c1cccc([N+](=O)[O-])c1. The van der Waals surface area contributed by atoms with E-state index in [1.807, 2.05) is 0 Å². The molecule has 1 aromatic carbocycles. The van der Waals surface area contributed by atoms with Gasteiger partial charge in [-0.2, -0.15) is 5.10 Å². The van der Waals surface area contributed by atoms with Crippen LogP contribution in [0.3, 0.4) is 0 Å². The molecule has 0 aliphatic heterocycles. The van der Waals surface area contributed by atoms with Crippen molar-refractivity contribution in [2.24, 2.45) is 0 Å². The van der Waals surface area contributed by atoms with Gasteiger partial charge in [0.1, 0.15) is 0 Å². The van der Waals surface area contributed by atoms with Gasteiger partial charge in [-0.3, -0.25) is 14.9 Å². The minimum absolute atomic E-state index is 0.150. The van der Waals surface area contributed by atoms with E-state index in [2.05, 4.69) is 20.4 Å². The predicted octanol–water partition coefficient (Wildman–Crippen LogP) is 1.82. The van der Waals surface area contributed by atoms with Crippen molar-refractivity contribution in [3.8, 4) is 5.95 Å². The van der Waals surface area contributed by atoms with Gasteiger partial charge in [-0.15, -0.1) is 0 Å². The summed E-state index contributed by atoms with van der Waals surface area (Å²) in [4.78, 5) is 30.4. The molecule has 0 fully saturated rings. The normalized spacial score (nSPS) is 10.3. The molecule has 2 heterocycles. The number of anilines is 1. The molecule has 2 aromatic heterocycles. The second kappa shape index (κ2) is 6.02. The maximum Gasteiger partial charge on any atom is 0.270 e. The van der Waals surface area contributed by atoms with Crippen molar-refractivity contribution in [3.05, 3.63) is 70.8 Å². The molecule has 1 N–H and O–H groups in total. The van der Waals surface area contributed by atoms with E-state index in [4.69, 9.17) is 0 Å². The Hall–Kier alpha value is -3.62. The first-order chi connectivity index (χ1) is 11.1. The lowest BCUT2D eigenvalue weighted by Crippen LogP contribution is -2.13. The number of amides is 1. The lowest BCUT2D eigenvalue weighted by molar-refractivity contribution is -0.384. The molecule has 0 unspecified atom stereocenters. The summed E-state index contributed by atoms with van der Waals surface area (Å²) in [6.45, 7) is 0. The number of carbonyl (C=O) groups excluding carboxylic acids is 1. The fourth-order valence-electron chi connectivity index (χ4n) is 1.86. The molecule has 114 valence electrons. The lowest BCUT2D eigenvalue weighted by atomic mass is 10.2. The fourth-order valence-corrected chi connectivity index (χ4v) is 1.86. The van der Waals surface area contributed by atoms with Gasteiger partial charge in [-0.1, -0.05) is 6.07 Å². The second-order valence-corrected chi connectivity index (χ2v) is 4.48. The van der Waals surface area contributed by atoms with Crippen LogP contribution in [0.15, 0.2) is 55.1 Å². The third-order valence-electron chi connectivity index (χ3n) is 2.92. The highest BCUT2D eigenvalue weighted by atomic mass is 16.6. The van der Waals surface area contributed by atoms with Crippen LogP contribution in [-0.2, 0) is 0 Å². The van der Waals surface area contributed by atoms with Gasteiger partial charge < -0.3 is 5.32 Å². The summed E-state index contributed by atoms with van der Waals surface area (Å²) in [6, 6.07) is 7.19. The molecule has 0 aliphatic carbocycles. The molecule has 0 spiro atoms. The van der Waals surface area contributed by atoms with Crippen molar-refractivity contribution in [2.75, 3.05) is 5.32 Å². The van der Waals surface area contributed by atoms with E-state index in [-0.39, 0.29) is 11.3 Å². The Morgan fingerprint density at radius 1 is 1.22 bits per heavy atom. The van der Waals surface area contributed by atoms with E-state index in [1.54, 1.807) is 18.5 Å². The molecule has 9 heteroatoms. The highest BCUT2D eigenvalue weighted by molar-refractivity contribution is 6.04. The predicted molar refractivity (Wildman–Crippen MR) is 80.2 cm³/mol. The Bertz CT molecular complexity index is 845. The van der Waals surface area contributed by atoms with E-state index in [9.17, 15) is 14.9 Å². The molecule has 23 heavy (non-hydrogen) atoms. The van der Waals surface area contributed by atoms with Crippen molar-refractivity contribution < 1.29 is 9.72 Å². The number of nitro benzene ring substituents is 1. The minimum Gasteiger partial charge on any atom is -0.319 e. The van der Waals surface area contributed by atoms with Gasteiger partial charge in [0.15, 0.2) is 0 Å². The maximum absolute atomic E-state index is 12.1. The summed E-state index contributed by atoms with van der Waals surface area (Å²) in [5.74, 6) is -0.118. The van der Waals surface area contributed by atoms with Crippen molar-refractivity contribution in [1.29, 1.82) is 0 Å². The molecule has 0 bridgehead atoms. The highest BCUT2D eigenvalue weighted by Gasteiger charge is 2.12. The zero-order valence-corrected chi connectivity index (χ0v) is 11.7. The highest BCUT2D eigenvalue weighted by Crippen LogP contribution is 2.14. The Kier molecular flexibility index (Phi) is 3.75. The number of aromatic nitrogens is 4. The van der Waals surface area contributed by atoms with Crippen LogP contribution in [0.1, 0.15) is 10.4 Å². The quantitative estimate of drug-likeness (QED) is 0.580. The number of nitro groups is 1. The van der Waals surface area contributed by atoms with Crippen LogP contribution in [0.25, 0.3) is 5.95 Å². The molecule has 0 atom stereocenters. The summed E-state index contributed by atoms with van der Waals surface area (Å²) in [6.07, 6.45) is 6.15. The summed E-state index contributed by atoms with van der Waals surface area (Å²) in [5, 5.41) is 17.3. The molecule has 3 rings (SSSR count). The number of hydrogen-bond donors (Lipinski definition) is 1. The van der Waals surface area contributed by atoms with E-state index >= 15 is 0 Å². The summed E-state index contributed by atoms with van der Waals surface area (Å²) >= 11 is 0. The third kappa shape index (κ3) is 3.18. The van der Waals surface area contributed by atoms with Gasteiger partial charge in [0.25, 0.3) is 17.5 Å². The number of nitrogens with zero attached hydrogens (tertiary/aromatic N) is 5. The van der Waals surface area contributed by atoms with Gasteiger partial charge in [-0.25, -0.2) is 14.6 Å². The average molecular weight is 310 g/mol. The number of hydrogen-bond acceptors (Lipinski definition) is 6. The van der Waals surface area contributed by atoms with Crippen LogP contribution < -0.4 is 5.32 Å². The van der Waals surface area contributed by atoms with Crippen molar-refractivity contribution in [1.82, 2.24) is 19.7 Å². The van der Waals surface area contributed by atoms with Gasteiger partial charge in [0.2, 0.25) is 0 Å². The Morgan fingerprint density at radius 2 is 2.00 bits per heavy atom. The van der Waals surface area contributed by atoms with Crippen molar-refractivity contribution in [3.63, 3.8) is 0 Å². The molecular weight excluding hydrogens is 300 g/mol. The smallest absolute Gasteiger partial charge is 0.270 e. The topological polar surface area (TPSA) is 116 Å². The van der Waals surface area contributed by atoms with E-state index in [0.29, 0.717) is 11.6 Å². The second-order valence-electron chi connectivity index (χ2n) is 4.48. The van der Waals surface area contributed by atoms with Crippen LogP contribution in [-0.4, -0.2) is 30.6 Å². The molecule has 3 aromatic rings. The summed E-state index contributed by atoms with van der Waals surface area (Å²) in [7, 11) is 0. The van der Waals surface area contributed by atoms with Crippen LogP contribution in [0.5, 0.6) is 0 Å². The van der Waals surface area contributed by atoms with Crippen LogP contribution in [0.2, 0.25) is 0 Å². The van der Waals surface area contributed by atoms with E-state index in [0.717, 1.165) is 0 Å². The van der Waals surface area contributed by atoms with Crippen LogP contribution in [0.4, 0.5) is 11.4 Å². The lowest BCUT2D eigenvalue weighted by Gasteiger charge is -2.05. The first-order valence-electron chi connectivity index (χ1n) is 6.51. The zero-order chi connectivity index (χ0) is 16.2. The molecule has 9 nitrogen and oxygen atoms in total. The monoisotopic (exact) mass is 310 g/mol.